The van der Waals surface area contributed by atoms with Crippen LogP contribution in [0.25, 0.3) is 16.6 Å². The molecule has 0 bridgehead atoms. The molecule has 0 amide bonds. The SMILES string of the molecule is COC(=O)c1c(N)c2ccc(NC(F)C(F)F)cc2n(-c2ccccc2)c1=O. The molecule has 6 nitrogen and oxygen atoms in total. The molecule has 9 heteroatoms. The van der Waals surface area contributed by atoms with Gasteiger partial charge in [-0.15, -0.1) is 0 Å². The van der Waals surface area contributed by atoms with E-state index in [1.165, 1.54) is 22.8 Å². The number of nitrogens with one attached hydrogen (secondary N) is 1. The molecule has 0 aliphatic heterocycles. The van der Waals surface area contributed by atoms with Crippen LogP contribution in [0.1, 0.15) is 10.4 Å². The number of pyridine rings is 1. The highest BCUT2D eigenvalue weighted by Gasteiger charge is 2.23. The van der Waals surface area contributed by atoms with Gasteiger partial charge in [0.1, 0.15) is 5.56 Å². The number of para-hydroxylation sites is 1. The molecule has 0 aliphatic carbocycles. The number of halogens is 3. The Hall–Kier alpha value is -3.49. The number of fused-ring (bicyclic) bond motifs is 1. The van der Waals surface area contributed by atoms with Gasteiger partial charge in [-0.25, -0.2) is 18.0 Å². The molecule has 0 saturated heterocycles. The summed E-state index contributed by atoms with van der Waals surface area (Å²) >= 11 is 0. The Bertz CT molecular complexity index is 1080. The molecule has 0 aliphatic rings. The molecule has 0 saturated carbocycles. The van der Waals surface area contributed by atoms with Gasteiger partial charge in [-0.1, -0.05) is 18.2 Å². The molecule has 2 aromatic carbocycles. The minimum absolute atomic E-state index is 0.0228. The van der Waals surface area contributed by atoms with E-state index >= 15 is 0 Å². The number of benzene rings is 2. The number of hydrogen-bond donors (Lipinski definition) is 2. The lowest BCUT2D eigenvalue weighted by molar-refractivity contribution is 0.0599. The molecule has 0 radical (unpaired) electrons. The largest absolute Gasteiger partial charge is 0.465 e. The number of nitrogen functional groups attached to an aromatic ring is 1. The van der Waals surface area contributed by atoms with Gasteiger partial charge in [0.2, 0.25) is 6.30 Å². The highest BCUT2D eigenvalue weighted by Crippen LogP contribution is 2.28. The number of ether oxygens (including phenoxy) is 1. The zero-order valence-corrected chi connectivity index (χ0v) is 14.7. The van der Waals surface area contributed by atoms with E-state index in [-0.39, 0.29) is 22.5 Å². The van der Waals surface area contributed by atoms with E-state index in [0.29, 0.717) is 11.1 Å². The second-order valence-corrected chi connectivity index (χ2v) is 5.87. The Morgan fingerprint density at radius 1 is 1.14 bits per heavy atom. The smallest absolute Gasteiger partial charge is 0.345 e. The van der Waals surface area contributed by atoms with Crippen LogP contribution in [-0.2, 0) is 4.74 Å². The van der Waals surface area contributed by atoms with Crippen LogP contribution >= 0.6 is 0 Å². The fourth-order valence-electron chi connectivity index (χ4n) is 2.86. The fraction of sp³-hybridized carbons (Fsp3) is 0.158. The molecule has 1 heterocycles. The van der Waals surface area contributed by atoms with Crippen molar-refractivity contribution in [2.24, 2.45) is 0 Å². The Kier molecular flexibility index (Phi) is 5.25. The van der Waals surface area contributed by atoms with Gasteiger partial charge in [-0.05, 0) is 30.3 Å². The summed E-state index contributed by atoms with van der Waals surface area (Å²) in [6, 6.07) is 12.4. The van der Waals surface area contributed by atoms with E-state index in [0.717, 1.165) is 7.11 Å². The van der Waals surface area contributed by atoms with E-state index < -0.39 is 24.2 Å². The highest BCUT2D eigenvalue weighted by molar-refractivity contribution is 6.05. The first-order valence-electron chi connectivity index (χ1n) is 8.16. The van der Waals surface area contributed by atoms with Crippen LogP contribution in [-0.4, -0.2) is 30.4 Å². The van der Waals surface area contributed by atoms with Crippen molar-refractivity contribution < 1.29 is 22.7 Å². The lowest BCUT2D eigenvalue weighted by Gasteiger charge is -2.17. The van der Waals surface area contributed by atoms with Crippen molar-refractivity contribution in [3.63, 3.8) is 0 Å². The summed E-state index contributed by atoms with van der Waals surface area (Å²) in [5.41, 5.74) is 5.45. The van der Waals surface area contributed by atoms with Crippen LogP contribution in [0, 0.1) is 0 Å². The number of anilines is 2. The van der Waals surface area contributed by atoms with Crippen LogP contribution in [0.5, 0.6) is 0 Å². The topological polar surface area (TPSA) is 86.3 Å². The Labute approximate surface area is 157 Å². The zero-order valence-electron chi connectivity index (χ0n) is 14.7. The molecule has 1 atom stereocenters. The highest BCUT2D eigenvalue weighted by atomic mass is 19.3. The van der Waals surface area contributed by atoms with Crippen molar-refractivity contribution in [2.45, 2.75) is 12.7 Å². The first-order valence-corrected chi connectivity index (χ1v) is 8.16. The van der Waals surface area contributed by atoms with Crippen LogP contribution in [0.15, 0.2) is 53.3 Å². The predicted octanol–water partition coefficient (Wildman–Crippen LogP) is 3.33. The number of esters is 1. The number of alkyl halides is 3. The van der Waals surface area contributed by atoms with Crippen LogP contribution < -0.4 is 16.6 Å². The molecule has 0 fully saturated rings. The average Bonchev–Trinajstić information content (AvgIpc) is 2.68. The van der Waals surface area contributed by atoms with Gasteiger partial charge in [0.15, 0.2) is 0 Å². The maximum atomic E-state index is 13.4. The third kappa shape index (κ3) is 3.38. The Balaban J connectivity index is 2.34. The summed E-state index contributed by atoms with van der Waals surface area (Å²) in [5.74, 6) is -0.905. The van der Waals surface area contributed by atoms with Crippen molar-refractivity contribution in [1.82, 2.24) is 4.57 Å². The average molecular weight is 391 g/mol. The number of hydrogen-bond acceptors (Lipinski definition) is 5. The van der Waals surface area contributed by atoms with Gasteiger partial charge in [-0.2, -0.15) is 0 Å². The molecule has 146 valence electrons. The molecule has 0 spiro atoms. The quantitative estimate of drug-likeness (QED) is 0.515. The predicted molar refractivity (Wildman–Crippen MR) is 99.8 cm³/mol. The number of carbonyl (C=O) groups is 1. The zero-order chi connectivity index (χ0) is 20.4. The third-order valence-electron chi connectivity index (χ3n) is 4.14. The molecule has 3 rings (SSSR count). The van der Waals surface area contributed by atoms with Crippen molar-refractivity contribution >= 4 is 28.2 Å². The minimum Gasteiger partial charge on any atom is -0.465 e. The summed E-state index contributed by atoms with van der Waals surface area (Å²) in [4.78, 5) is 25.1. The van der Waals surface area contributed by atoms with Gasteiger partial charge < -0.3 is 15.8 Å². The maximum absolute atomic E-state index is 13.4. The van der Waals surface area contributed by atoms with E-state index in [9.17, 15) is 22.8 Å². The number of carbonyl (C=O) groups excluding carboxylic acids is 1. The first-order chi connectivity index (χ1) is 13.3. The molecular formula is C19H16F3N3O3. The fourth-order valence-corrected chi connectivity index (χ4v) is 2.86. The molecule has 3 N–H and O–H groups in total. The molecule has 28 heavy (non-hydrogen) atoms. The third-order valence-corrected chi connectivity index (χ3v) is 4.14. The van der Waals surface area contributed by atoms with Gasteiger partial charge in [0.05, 0.1) is 18.3 Å². The van der Waals surface area contributed by atoms with Crippen molar-refractivity contribution in [3.05, 3.63) is 64.4 Å². The number of nitrogens with two attached hydrogens (primary N) is 1. The second kappa shape index (κ2) is 7.63. The van der Waals surface area contributed by atoms with Crippen LogP contribution in [0.2, 0.25) is 0 Å². The summed E-state index contributed by atoms with van der Waals surface area (Å²) in [6.07, 6.45) is -5.81. The summed E-state index contributed by atoms with van der Waals surface area (Å²) < 4.78 is 44.3. The van der Waals surface area contributed by atoms with Gasteiger partial charge in [0.25, 0.3) is 12.0 Å². The number of rotatable bonds is 5. The van der Waals surface area contributed by atoms with Crippen molar-refractivity contribution in [3.8, 4) is 5.69 Å². The number of methoxy groups -OCH3 is 1. The number of aromatic nitrogens is 1. The van der Waals surface area contributed by atoms with Crippen LogP contribution in [0.4, 0.5) is 24.5 Å². The monoisotopic (exact) mass is 391 g/mol. The van der Waals surface area contributed by atoms with Gasteiger partial charge in [-0.3, -0.25) is 9.36 Å². The lowest BCUT2D eigenvalue weighted by Crippen LogP contribution is -2.28. The van der Waals surface area contributed by atoms with Crippen LogP contribution in [0.3, 0.4) is 0 Å². The Morgan fingerprint density at radius 3 is 2.43 bits per heavy atom. The van der Waals surface area contributed by atoms with Gasteiger partial charge in [0, 0.05) is 16.8 Å². The second-order valence-electron chi connectivity index (χ2n) is 5.87. The van der Waals surface area contributed by atoms with Gasteiger partial charge >= 0.3 is 5.97 Å². The summed E-state index contributed by atoms with van der Waals surface area (Å²) in [6.45, 7) is 0. The molecule has 3 aromatic rings. The minimum atomic E-state index is -3.22. The van der Waals surface area contributed by atoms with E-state index in [2.05, 4.69) is 4.74 Å². The Morgan fingerprint density at radius 2 is 1.82 bits per heavy atom. The van der Waals surface area contributed by atoms with E-state index in [1.54, 1.807) is 30.3 Å². The van der Waals surface area contributed by atoms with Crippen molar-refractivity contribution in [2.75, 3.05) is 18.2 Å². The summed E-state index contributed by atoms with van der Waals surface area (Å²) in [7, 11) is 1.12. The maximum Gasteiger partial charge on any atom is 0.345 e. The van der Waals surface area contributed by atoms with E-state index in [4.69, 9.17) is 5.73 Å². The normalized spacial score (nSPS) is 12.2. The molecular weight excluding hydrogens is 375 g/mol. The van der Waals surface area contributed by atoms with Crippen molar-refractivity contribution in [1.29, 1.82) is 0 Å². The van der Waals surface area contributed by atoms with E-state index in [1.807, 2.05) is 5.32 Å². The first kappa shape index (κ1) is 19.3. The molecule has 1 unspecified atom stereocenters. The molecule has 1 aromatic heterocycles. The summed E-state index contributed by atoms with van der Waals surface area (Å²) in [5, 5.41) is 2.34. The lowest BCUT2D eigenvalue weighted by atomic mass is 10.1. The number of nitrogens with zero attached hydrogens (tertiary/aromatic N) is 1. The standard InChI is InChI=1S/C19H16F3N3O3/c1-28-19(27)14-15(23)12-8-7-10(24-17(22)16(20)21)9-13(12)25(18(14)26)11-5-3-2-4-6-11/h2-9,16-17,24H,23H2,1H3.